The van der Waals surface area contributed by atoms with Crippen LogP contribution in [0.1, 0.15) is 27.7 Å². The second-order valence-electron chi connectivity index (χ2n) is 2.95. The van der Waals surface area contributed by atoms with Gasteiger partial charge in [-0.25, -0.2) is 0 Å². The molecule has 0 unspecified atom stereocenters. The van der Waals surface area contributed by atoms with Crippen LogP contribution in [0.4, 0.5) is 0 Å². The Morgan fingerprint density at radius 1 is 1.22 bits per heavy atom. The molecule has 0 nitrogen and oxygen atoms in total. The molecular formula is C8H15Br. The minimum Gasteiger partial charge on any atom is -0.0715 e. The lowest BCUT2D eigenvalue weighted by molar-refractivity contribution is 0.772. The molecular weight excluding hydrogens is 176 g/mol. The smallest absolute Gasteiger partial charge is 0.00611 e. The number of hydrogen-bond donors (Lipinski definition) is 0. The molecule has 0 saturated heterocycles. The SMILES string of the molecule is CC(C)/C=C(/Br)C(C)C. The van der Waals surface area contributed by atoms with E-state index in [0.717, 1.165) is 0 Å². The molecule has 1 heteroatoms. The lowest BCUT2D eigenvalue weighted by Gasteiger charge is -2.03. The zero-order valence-corrected chi connectivity index (χ0v) is 8.20. The van der Waals surface area contributed by atoms with Crippen molar-refractivity contribution < 1.29 is 0 Å². The zero-order valence-electron chi connectivity index (χ0n) is 6.61. The fourth-order valence-electron chi connectivity index (χ4n) is 0.511. The molecule has 9 heavy (non-hydrogen) atoms. The fraction of sp³-hybridized carbons (Fsp3) is 0.750. The first-order chi connectivity index (χ1) is 4.04. The van der Waals surface area contributed by atoms with Gasteiger partial charge in [-0.2, -0.15) is 0 Å². The van der Waals surface area contributed by atoms with Crippen molar-refractivity contribution in [3.05, 3.63) is 10.6 Å². The van der Waals surface area contributed by atoms with Crippen LogP contribution in [0.3, 0.4) is 0 Å². The van der Waals surface area contributed by atoms with Crippen molar-refractivity contribution in [3.8, 4) is 0 Å². The van der Waals surface area contributed by atoms with Crippen LogP contribution < -0.4 is 0 Å². The predicted molar refractivity (Wildman–Crippen MR) is 46.7 cm³/mol. The van der Waals surface area contributed by atoms with Crippen LogP contribution in [-0.2, 0) is 0 Å². The molecule has 0 saturated carbocycles. The standard InChI is InChI=1S/C8H15Br/c1-6(2)5-8(9)7(3)4/h5-7H,1-4H3/b8-5+. The molecule has 0 aliphatic heterocycles. The van der Waals surface area contributed by atoms with E-state index < -0.39 is 0 Å². The number of halogens is 1. The average Bonchev–Trinajstić information content (AvgIpc) is 1.63. The van der Waals surface area contributed by atoms with Crippen LogP contribution in [0.5, 0.6) is 0 Å². The quantitative estimate of drug-likeness (QED) is 0.625. The van der Waals surface area contributed by atoms with Crippen LogP contribution in [0, 0.1) is 11.8 Å². The maximum atomic E-state index is 3.50. The third-order valence-corrected chi connectivity index (χ3v) is 2.22. The van der Waals surface area contributed by atoms with Gasteiger partial charge in [-0.3, -0.25) is 0 Å². The minimum absolute atomic E-state index is 0.632. The van der Waals surface area contributed by atoms with Crippen LogP contribution >= 0.6 is 15.9 Å². The molecule has 0 rings (SSSR count). The second kappa shape index (κ2) is 4.10. The molecule has 0 bridgehead atoms. The first kappa shape index (κ1) is 9.22. The summed E-state index contributed by atoms with van der Waals surface area (Å²) in [5, 5.41) is 0. The second-order valence-corrected chi connectivity index (χ2v) is 3.87. The van der Waals surface area contributed by atoms with Gasteiger partial charge in [0, 0.05) is 0 Å². The Morgan fingerprint density at radius 3 is 1.78 bits per heavy atom. The van der Waals surface area contributed by atoms with Gasteiger partial charge in [-0.1, -0.05) is 49.7 Å². The Bertz CT molecular complexity index is 101. The summed E-state index contributed by atoms with van der Waals surface area (Å²) in [5.74, 6) is 1.29. The molecule has 0 aromatic heterocycles. The van der Waals surface area contributed by atoms with Gasteiger partial charge in [-0.15, -0.1) is 0 Å². The predicted octanol–water partition coefficient (Wildman–Crippen LogP) is 3.58. The van der Waals surface area contributed by atoms with Gasteiger partial charge in [-0.05, 0) is 16.3 Å². The first-order valence-corrected chi connectivity index (χ1v) is 4.20. The third-order valence-electron chi connectivity index (χ3n) is 1.04. The van der Waals surface area contributed by atoms with E-state index in [-0.39, 0.29) is 0 Å². The summed E-state index contributed by atoms with van der Waals surface area (Å²) in [7, 11) is 0. The monoisotopic (exact) mass is 190 g/mol. The molecule has 0 aromatic rings. The van der Waals surface area contributed by atoms with Crippen molar-refractivity contribution in [1.82, 2.24) is 0 Å². The summed E-state index contributed by atoms with van der Waals surface area (Å²) in [5.41, 5.74) is 0. The van der Waals surface area contributed by atoms with E-state index in [2.05, 4.69) is 49.7 Å². The van der Waals surface area contributed by atoms with E-state index in [1.165, 1.54) is 4.48 Å². The van der Waals surface area contributed by atoms with Crippen molar-refractivity contribution in [2.75, 3.05) is 0 Å². The van der Waals surface area contributed by atoms with Gasteiger partial charge in [0.15, 0.2) is 0 Å². The molecule has 0 aliphatic carbocycles. The number of allylic oxidation sites excluding steroid dienone is 2. The minimum atomic E-state index is 0.632. The zero-order chi connectivity index (χ0) is 7.44. The Kier molecular flexibility index (Phi) is 4.20. The molecule has 0 aromatic carbocycles. The number of hydrogen-bond acceptors (Lipinski definition) is 0. The van der Waals surface area contributed by atoms with Gasteiger partial charge < -0.3 is 0 Å². The molecule has 0 aliphatic rings. The fourth-order valence-corrected chi connectivity index (χ4v) is 1.04. The Morgan fingerprint density at radius 2 is 1.67 bits per heavy atom. The van der Waals surface area contributed by atoms with E-state index in [9.17, 15) is 0 Å². The van der Waals surface area contributed by atoms with Gasteiger partial charge in [0.2, 0.25) is 0 Å². The van der Waals surface area contributed by atoms with Crippen LogP contribution in [-0.4, -0.2) is 0 Å². The Labute approximate surface area is 66.5 Å². The normalized spacial score (nSPS) is 13.4. The summed E-state index contributed by atoms with van der Waals surface area (Å²) in [4.78, 5) is 0. The number of rotatable bonds is 2. The summed E-state index contributed by atoms with van der Waals surface area (Å²) in [6.45, 7) is 8.74. The van der Waals surface area contributed by atoms with E-state index in [4.69, 9.17) is 0 Å². The van der Waals surface area contributed by atoms with Crippen molar-refractivity contribution >= 4 is 15.9 Å². The third kappa shape index (κ3) is 4.71. The van der Waals surface area contributed by atoms with Crippen LogP contribution in [0.2, 0.25) is 0 Å². The summed E-state index contributed by atoms with van der Waals surface area (Å²) >= 11 is 3.50. The summed E-state index contributed by atoms with van der Waals surface area (Å²) in [6, 6.07) is 0. The summed E-state index contributed by atoms with van der Waals surface area (Å²) in [6.07, 6.45) is 2.24. The first-order valence-electron chi connectivity index (χ1n) is 3.41. The lowest BCUT2D eigenvalue weighted by atomic mass is 10.1. The Hall–Kier alpha value is 0.220. The van der Waals surface area contributed by atoms with Gasteiger partial charge in [0.25, 0.3) is 0 Å². The highest BCUT2D eigenvalue weighted by molar-refractivity contribution is 9.11. The molecule has 0 amide bonds. The highest BCUT2D eigenvalue weighted by atomic mass is 79.9. The largest absolute Gasteiger partial charge is 0.0715 e. The summed E-state index contributed by atoms with van der Waals surface area (Å²) < 4.78 is 1.32. The van der Waals surface area contributed by atoms with Crippen LogP contribution in [0.25, 0.3) is 0 Å². The maximum Gasteiger partial charge on any atom is -0.00611 e. The molecule has 0 atom stereocenters. The maximum absolute atomic E-state index is 3.50. The van der Waals surface area contributed by atoms with Gasteiger partial charge >= 0.3 is 0 Å². The molecule has 0 radical (unpaired) electrons. The Balaban J connectivity index is 3.84. The lowest BCUT2D eigenvalue weighted by Crippen LogP contribution is -1.88. The van der Waals surface area contributed by atoms with Crippen molar-refractivity contribution in [2.45, 2.75) is 27.7 Å². The van der Waals surface area contributed by atoms with E-state index >= 15 is 0 Å². The van der Waals surface area contributed by atoms with E-state index in [1.807, 2.05) is 0 Å². The van der Waals surface area contributed by atoms with E-state index in [1.54, 1.807) is 0 Å². The van der Waals surface area contributed by atoms with Gasteiger partial charge in [0.05, 0.1) is 0 Å². The highest BCUT2D eigenvalue weighted by Gasteiger charge is 1.97. The topological polar surface area (TPSA) is 0 Å². The molecule has 0 fully saturated rings. The van der Waals surface area contributed by atoms with Crippen molar-refractivity contribution in [1.29, 1.82) is 0 Å². The molecule has 0 spiro atoms. The van der Waals surface area contributed by atoms with Crippen molar-refractivity contribution in [2.24, 2.45) is 11.8 Å². The molecule has 0 heterocycles. The molecule has 54 valence electrons. The van der Waals surface area contributed by atoms with Crippen LogP contribution in [0.15, 0.2) is 10.6 Å². The van der Waals surface area contributed by atoms with Gasteiger partial charge in [0.1, 0.15) is 0 Å². The molecule has 0 N–H and O–H groups in total. The van der Waals surface area contributed by atoms with Crippen molar-refractivity contribution in [3.63, 3.8) is 0 Å². The average molecular weight is 191 g/mol. The van der Waals surface area contributed by atoms with E-state index in [0.29, 0.717) is 11.8 Å². The highest BCUT2D eigenvalue weighted by Crippen LogP contribution is 2.18.